The van der Waals surface area contributed by atoms with Gasteiger partial charge in [-0.25, -0.2) is 0 Å². The lowest BCUT2D eigenvalue weighted by Crippen LogP contribution is -2.30. The minimum Gasteiger partial charge on any atom is -0.399 e. The van der Waals surface area contributed by atoms with Crippen molar-refractivity contribution >= 4 is 17.3 Å². The molecule has 102 valence electrons. The molecule has 1 amide bonds. The number of nitrogens with two attached hydrogens (primary N) is 1. The second-order valence-corrected chi connectivity index (χ2v) is 5.47. The van der Waals surface area contributed by atoms with Crippen molar-refractivity contribution in [2.24, 2.45) is 0 Å². The van der Waals surface area contributed by atoms with Crippen molar-refractivity contribution in [3.8, 4) is 0 Å². The SMILES string of the molecule is Cc1cc(NC(=O)C2Cc3ccccc32)c(C)cc1N. The van der Waals surface area contributed by atoms with Gasteiger partial charge in [-0.2, -0.15) is 0 Å². The van der Waals surface area contributed by atoms with Gasteiger partial charge in [0.05, 0.1) is 5.92 Å². The molecule has 3 N–H and O–H groups in total. The highest BCUT2D eigenvalue weighted by Crippen LogP contribution is 2.36. The van der Waals surface area contributed by atoms with Gasteiger partial charge >= 0.3 is 0 Å². The zero-order valence-corrected chi connectivity index (χ0v) is 11.7. The Hall–Kier alpha value is -2.29. The lowest BCUT2D eigenvalue weighted by Gasteiger charge is -2.29. The number of benzene rings is 2. The zero-order chi connectivity index (χ0) is 14.3. The van der Waals surface area contributed by atoms with E-state index in [1.54, 1.807) is 0 Å². The van der Waals surface area contributed by atoms with Crippen molar-refractivity contribution in [1.82, 2.24) is 0 Å². The molecule has 0 saturated heterocycles. The quantitative estimate of drug-likeness (QED) is 0.820. The highest BCUT2D eigenvalue weighted by molar-refractivity contribution is 5.98. The molecule has 2 aromatic rings. The summed E-state index contributed by atoms with van der Waals surface area (Å²) in [6.45, 7) is 3.91. The second-order valence-electron chi connectivity index (χ2n) is 5.47. The molecule has 0 saturated carbocycles. The Morgan fingerprint density at radius 1 is 1.20 bits per heavy atom. The van der Waals surface area contributed by atoms with Crippen LogP contribution in [0.4, 0.5) is 11.4 Å². The number of nitrogens with one attached hydrogen (secondary N) is 1. The van der Waals surface area contributed by atoms with Crippen LogP contribution in [0.2, 0.25) is 0 Å². The monoisotopic (exact) mass is 266 g/mol. The summed E-state index contributed by atoms with van der Waals surface area (Å²) in [4.78, 5) is 12.4. The minimum absolute atomic E-state index is 0.0246. The first-order valence-electron chi connectivity index (χ1n) is 6.81. The number of fused-ring (bicyclic) bond motifs is 1. The molecule has 0 bridgehead atoms. The minimum atomic E-state index is -0.0246. The van der Waals surface area contributed by atoms with E-state index in [9.17, 15) is 4.79 Å². The largest absolute Gasteiger partial charge is 0.399 e. The fourth-order valence-electron chi connectivity index (χ4n) is 2.69. The fraction of sp³-hybridized carbons (Fsp3) is 0.235. The normalized spacial score (nSPS) is 16.2. The van der Waals surface area contributed by atoms with Crippen LogP contribution in [0.1, 0.15) is 28.2 Å². The highest BCUT2D eigenvalue weighted by atomic mass is 16.1. The van der Waals surface area contributed by atoms with Crippen LogP contribution in [0.25, 0.3) is 0 Å². The number of hydrogen-bond donors (Lipinski definition) is 2. The van der Waals surface area contributed by atoms with E-state index < -0.39 is 0 Å². The molecule has 1 aliphatic rings. The molecule has 0 aliphatic heterocycles. The topological polar surface area (TPSA) is 55.1 Å². The number of carbonyl (C=O) groups is 1. The van der Waals surface area contributed by atoms with E-state index in [4.69, 9.17) is 5.73 Å². The van der Waals surface area contributed by atoms with Crippen LogP contribution in [0.15, 0.2) is 36.4 Å². The maximum Gasteiger partial charge on any atom is 0.232 e. The molecule has 20 heavy (non-hydrogen) atoms. The van der Waals surface area contributed by atoms with Gasteiger partial charge < -0.3 is 11.1 Å². The van der Waals surface area contributed by atoms with E-state index in [2.05, 4.69) is 11.4 Å². The van der Waals surface area contributed by atoms with Crippen LogP contribution in [-0.4, -0.2) is 5.91 Å². The number of aryl methyl sites for hydroxylation is 2. The molecular weight excluding hydrogens is 248 g/mol. The molecule has 3 rings (SSSR count). The van der Waals surface area contributed by atoms with E-state index in [1.807, 2.05) is 44.2 Å². The zero-order valence-electron chi connectivity index (χ0n) is 11.7. The molecule has 1 unspecified atom stereocenters. The van der Waals surface area contributed by atoms with Gasteiger partial charge in [0.1, 0.15) is 0 Å². The van der Waals surface area contributed by atoms with Crippen LogP contribution in [0.3, 0.4) is 0 Å². The molecule has 2 aromatic carbocycles. The van der Waals surface area contributed by atoms with Crippen LogP contribution < -0.4 is 11.1 Å². The van der Waals surface area contributed by atoms with E-state index in [-0.39, 0.29) is 11.8 Å². The molecule has 0 fully saturated rings. The Kier molecular flexibility index (Phi) is 2.97. The predicted octanol–water partition coefficient (Wildman–Crippen LogP) is 3.16. The summed E-state index contributed by atoms with van der Waals surface area (Å²) in [6, 6.07) is 12.0. The standard InChI is InChI=1S/C17H18N2O/c1-10-8-16(11(2)7-15(10)18)19-17(20)14-9-12-5-3-4-6-13(12)14/h3-8,14H,9,18H2,1-2H3,(H,19,20). The van der Waals surface area contributed by atoms with Crippen molar-refractivity contribution in [2.75, 3.05) is 11.1 Å². The van der Waals surface area contributed by atoms with Crippen LogP contribution >= 0.6 is 0 Å². The van der Waals surface area contributed by atoms with Crippen molar-refractivity contribution in [2.45, 2.75) is 26.2 Å². The number of nitrogen functional groups attached to an aromatic ring is 1. The molecular formula is C17H18N2O. The van der Waals surface area contributed by atoms with Gasteiger partial charge in [-0.15, -0.1) is 0 Å². The van der Waals surface area contributed by atoms with Gasteiger partial charge in [0.15, 0.2) is 0 Å². The number of rotatable bonds is 2. The lowest BCUT2D eigenvalue weighted by atomic mass is 9.77. The molecule has 3 nitrogen and oxygen atoms in total. The predicted molar refractivity (Wildman–Crippen MR) is 81.8 cm³/mol. The smallest absolute Gasteiger partial charge is 0.232 e. The summed E-state index contributed by atoms with van der Waals surface area (Å²) >= 11 is 0. The first-order valence-corrected chi connectivity index (χ1v) is 6.81. The Bertz CT molecular complexity index is 691. The molecule has 0 radical (unpaired) electrons. The van der Waals surface area contributed by atoms with Crippen molar-refractivity contribution < 1.29 is 4.79 Å². The highest BCUT2D eigenvalue weighted by Gasteiger charge is 2.31. The van der Waals surface area contributed by atoms with Crippen molar-refractivity contribution in [1.29, 1.82) is 0 Å². The Balaban J connectivity index is 1.80. The molecule has 0 heterocycles. The van der Waals surface area contributed by atoms with E-state index >= 15 is 0 Å². The summed E-state index contributed by atoms with van der Waals surface area (Å²) in [5, 5.41) is 3.03. The first kappa shape index (κ1) is 12.7. The summed E-state index contributed by atoms with van der Waals surface area (Å²) in [6.07, 6.45) is 0.828. The van der Waals surface area contributed by atoms with E-state index in [0.717, 1.165) is 34.5 Å². The van der Waals surface area contributed by atoms with Crippen molar-refractivity contribution in [3.63, 3.8) is 0 Å². The number of carbonyl (C=O) groups excluding carboxylic acids is 1. The third-order valence-corrected chi connectivity index (χ3v) is 4.04. The van der Waals surface area contributed by atoms with Gasteiger partial charge in [0, 0.05) is 11.4 Å². The number of amides is 1. The van der Waals surface area contributed by atoms with Gasteiger partial charge in [-0.1, -0.05) is 24.3 Å². The second kappa shape index (κ2) is 4.67. The average molecular weight is 266 g/mol. The van der Waals surface area contributed by atoms with Crippen molar-refractivity contribution in [3.05, 3.63) is 58.7 Å². The van der Waals surface area contributed by atoms with Crippen LogP contribution in [0, 0.1) is 13.8 Å². The van der Waals surface area contributed by atoms with Crippen LogP contribution in [-0.2, 0) is 11.2 Å². The van der Waals surface area contributed by atoms with Gasteiger partial charge in [0.2, 0.25) is 5.91 Å². The maximum atomic E-state index is 12.4. The summed E-state index contributed by atoms with van der Waals surface area (Å²) < 4.78 is 0. The third-order valence-electron chi connectivity index (χ3n) is 4.04. The van der Waals surface area contributed by atoms with E-state index in [1.165, 1.54) is 5.56 Å². The summed E-state index contributed by atoms with van der Waals surface area (Å²) in [5.74, 6) is 0.0411. The third kappa shape index (κ3) is 2.05. The Labute approximate surface area is 118 Å². The maximum absolute atomic E-state index is 12.4. The number of hydrogen-bond acceptors (Lipinski definition) is 2. The van der Waals surface area contributed by atoms with Gasteiger partial charge in [0.25, 0.3) is 0 Å². The molecule has 0 spiro atoms. The molecule has 1 aliphatic carbocycles. The average Bonchev–Trinajstić information content (AvgIpc) is 2.37. The fourth-order valence-corrected chi connectivity index (χ4v) is 2.69. The molecule has 0 aromatic heterocycles. The lowest BCUT2D eigenvalue weighted by molar-refractivity contribution is -0.118. The number of anilines is 2. The Morgan fingerprint density at radius 3 is 2.70 bits per heavy atom. The molecule has 1 atom stereocenters. The van der Waals surface area contributed by atoms with Gasteiger partial charge in [-0.3, -0.25) is 4.79 Å². The summed E-state index contributed by atoms with van der Waals surface area (Å²) in [5.41, 5.74) is 11.9. The van der Waals surface area contributed by atoms with Crippen LogP contribution in [0.5, 0.6) is 0 Å². The Morgan fingerprint density at radius 2 is 1.95 bits per heavy atom. The first-order chi connectivity index (χ1) is 9.56. The summed E-state index contributed by atoms with van der Waals surface area (Å²) in [7, 11) is 0. The van der Waals surface area contributed by atoms with E-state index in [0.29, 0.717) is 0 Å². The molecule has 3 heteroatoms. The van der Waals surface area contributed by atoms with Gasteiger partial charge in [-0.05, 0) is 54.7 Å².